The standard InChI is InChI=1S/C75H43F6N9/c76-74(77,78)59-28-17-29-60(75(79,80)81)67(59)50-33-36-55(66(43-50)90-62-31-16-14-27-54(62)58-42-52(35-39-65(58)90)73-87-70(48-22-9-3-10-23-48)84-71(88-73)49-24-11-4-12-25-49)56-40-45(44-82)32-37-63(56)89-61-30-15-13-26-53(61)57-41-51(34-38-64(57)89)72-85-68(46-18-5-1-6-19-46)83-69(86-72)47-20-7-2-8-21-47/h1-43H. The molecule has 0 saturated carbocycles. The molecule has 15 aromatic rings. The molecule has 4 aromatic heterocycles. The Morgan fingerprint density at radius 1 is 0.289 bits per heavy atom. The molecule has 4 heterocycles. The van der Waals surface area contributed by atoms with Crippen molar-refractivity contribution in [3.05, 3.63) is 278 Å². The third kappa shape index (κ3) is 9.73. The summed E-state index contributed by atoms with van der Waals surface area (Å²) in [5, 5.41) is 13.8. The van der Waals surface area contributed by atoms with E-state index in [9.17, 15) is 5.26 Å². The minimum Gasteiger partial charge on any atom is -0.309 e. The summed E-state index contributed by atoms with van der Waals surface area (Å²) >= 11 is 0. The lowest BCUT2D eigenvalue weighted by Crippen LogP contribution is -2.14. The second-order valence-electron chi connectivity index (χ2n) is 21.5. The SMILES string of the molecule is N#Cc1ccc(-n2c3ccccc3c3cc(-c4nc(-c5ccccc5)nc(-c5ccccc5)n4)ccc32)c(-c2ccc(-c3c(C(F)(F)F)cccc3C(F)(F)F)cc2-n2c3ccccc3c3cc(-c4nc(-c5ccccc5)nc(-c5ccccc5)n4)ccc32)c1. The van der Waals surface area contributed by atoms with Gasteiger partial charge in [0.15, 0.2) is 34.9 Å². The van der Waals surface area contributed by atoms with E-state index in [0.29, 0.717) is 96.8 Å². The molecule has 0 spiro atoms. The van der Waals surface area contributed by atoms with Gasteiger partial charge in [-0.2, -0.15) is 31.6 Å². The van der Waals surface area contributed by atoms with Gasteiger partial charge < -0.3 is 9.13 Å². The zero-order valence-corrected chi connectivity index (χ0v) is 47.1. The first-order valence-corrected chi connectivity index (χ1v) is 28.6. The molecule has 0 N–H and O–H groups in total. The summed E-state index contributed by atoms with van der Waals surface area (Å²) < 4.78 is 95.6. The first kappa shape index (κ1) is 54.7. The van der Waals surface area contributed by atoms with Crippen LogP contribution in [0.5, 0.6) is 0 Å². The minimum atomic E-state index is -5.18. The molecule has 0 fully saturated rings. The topological polar surface area (TPSA) is 111 Å². The van der Waals surface area contributed by atoms with Crippen LogP contribution in [0.15, 0.2) is 261 Å². The summed E-state index contributed by atoms with van der Waals surface area (Å²) in [5.74, 6) is 2.67. The van der Waals surface area contributed by atoms with Crippen LogP contribution in [0.4, 0.5) is 26.3 Å². The van der Waals surface area contributed by atoms with Gasteiger partial charge in [-0.3, -0.25) is 0 Å². The normalized spacial score (nSPS) is 11.9. The van der Waals surface area contributed by atoms with Crippen LogP contribution in [-0.2, 0) is 12.4 Å². The minimum absolute atomic E-state index is 0.229. The number of hydrogen-bond acceptors (Lipinski definition) is 7. The van der Waals surface area contributed by atoms with Crippen LogP contribution in [0.2, 0.25) is 0 Å². The summed E-state index contributed by atoms with van der Waals surface area (Å²) in [6, 6.07) is 79.1. The Balaban J connectivity index is 0.976. The van der Waals surface area contributed by atoms with Crippen molar-refractivity contribution in [2.45, 2.75) is 12.4 Å². The molecule has 430 valence electrons. The molecule has 15 rings (SSSR count). The second-order valence-corrected chi connectivity index (χ2v) is 21.5. The van der Waals surface area contributed by atoms with Crippen LogP contribution in [0.3, 0.4) is 0 Å². The highest BCUT2D eigenvalue weighted by Gasteiger charge is 2.41. The fraction of sp³-hybridized carbons (Fsp3) is 0.0267. The average Bonchev–Trinajstić information content (AvgIpc) is 1.54. The van der Waals surface area contributed by atoms with Crippen molar-refractivity contribution in [3.63, 3.8) is 0 Å². The Kier molecular flexibility index (Phi) is 13.3. The Bertz CT molecular complexity index is 5200. The van der Waals surface area contributed by atoms with Gasteiger partial charge in [-0.25, -0.2) is 29.9 Å². The van der Waals surface area contributed by atoms with Crippen molar-refractivity contribution in [1.29, 1.82) is 5.26 Å². The quantitative estimate of drug-likeness (QED) is 0.125. The Hall–Kier alpha value is -11.9. The number of para-hydroxylation sites is 2. The summed E-state index contributed by atoms with van der Waals surface area (Å²) in [6.07, 6.45) is -10.4. The maximum Gasteiger partial charge on any atom is 0.417 e. The van der Waals surface area contributed by atoms with Gasteiger partial charge in [0.05, 0.1) is 56.2 Å². The van der Waals surface area contributed by atoms with Gasteiger partial charge in [0.1, 0.15) is 0 Å². The van der Waals surface area contributed by atoms with Crippen molar-refractivity contribution in [3.8, 4) is 108 Å². The monoisotopic (exact) mass is 1180 g/mol. The van der Waals surface area contributed by atoms with Crippen LogP contribution in [0, 0.1) is 11.3 Å². The number of hydrogen-bond donors (Lipinski definition) is 0. The van der Waals surface area contributed by atoms with Crippen LogP contribution in [-0.4, -0.2) is 39.0 Å². The van der Waals surface area contributed by atoms with Crippen molar-refractivity contribution in [2.75, 3.05) is 0 Å². The number of nitrogens with zero attached hydrogens (tertiary/aromatic N) is 9. The number of alkyl halides is 6. The maximum absolute atomic E-state index is 15.3. The highest BCUT2D eigenvalue weighted by atomic mass is 19.4. The lowest BCUT2D eigenvalue weighted by atomic mass is 9.90. The van der Waals surface area contributed by atoms with E-state index in [1.54, 1.807) is 18.2 Å². The number of fused-ring (bicyclic) bond motifs is 6. The predicted molar refractivity (Wildman–Crippen MR) is 340 cm³/mol. The van der Waals surface area contributed by atoms with Gasteiger partial charge in [0, 0.05) is 71.6 Å². The maximum atomic E-state index is 15.3. The van der Waals surface area contributed by atoms with Crippen LogP contribution in [0.1, 0.15) is 16.7 Å². The van der Waals surface area contributed by atoms with Crippen LogP contribution < -0.4 is 0 Å². The third-order valence-corrected chi connectivity index (χ3v) is 16.1. The first-order valence-electron chi connectivity index (χ1n) is 28.6. The number of nitriles is 1. The summed E-state index contributed by atoms with van der Waals surface area (Å²) in [4.78, 5) is 29.8. The number of halogens is 6. The molecule has 0 aliphatic carbocycles. The van der Waals surface area contributed by atoms with Gasteiger partial charge in [-0.1, -0.05) is 176 Å². The zero-order valence-electron chi connectivity index (χ0n) is 47.1. The van der Waals surface area contributed by atoms with E-state index in [1.807, 2.05) is 217 Å². The van der Waals surface area contributed by atoms with E-state index in [0.717, 1.165) is 50.1 Å². The van der Waals surface area contributed by atoms with E-state index < -0.39 is 29.0 Å². The summed E-state index contributed by atoms with van der Waals surface area (Å²) in [5.41, 5.74) is 4.74. The van der Waals surface area contributed by atoms with Crippen molar-refractivity contribution < 1.29 is 26.3 Å². The molecule has 0 radical (unpaired) electrons. The molecule has 11 aromatic carbocycles. The molecular weight excluding hydrogens is 1140 g/mol. The van der Waals surface area contributed by atoms with Crippen molar-refractivity contribution in [1.82, 2.24) is 39.0 Å². The average molecular weight is 1180 g/mol. The molecule has 0 saturated heterocycles. The number of aromatic nitrogens is 8. The Morgan fingerprint density at radius 2 is 0.656 bits per heavy atom. The molecule has 15 heteroatoms. The summed E-state index contributed by atoms with van der Waals surface area (Å²) in [7, 11) is 0. The van der Waals surface area contributed by atoms with E-state index in [-0.39, 0.29) is 16.8 Å². The number of benzene rings is 11. The van der Waals surface area contributed by atoms with E-state index >= 15 is 26.3 Å². The molecule has 0 amide bonds. The van der Waals surface area contributed by atoms with Gasteiger partial charge in [0.2, 0.25) is 0 Å². The summed E-state index contributed by atoms with van der Waals surface area (Å²) in [6.45, 7) is 0. The lowest BCUT2D eigenvalue weighted by Gasteiger charge is -2.22. The molecular formula is C75H43F6N9. The van der Waals surface area contributed by atoms with Crippen molar-refractivity contribution in [2.24, 2.45) is 0 Å². The Labute approximate surface area is 509 Å². The molecule has 0 bridgehead atoms. The zero-order chi connectivity index (χ0) is 61.3. The highest BCUT2D eigenvalue weighted by molar-refractivity contribution is 6.13. The van der Waals surface area contributed by atoms with Gasteiger partial charge in [-0.05, 0) is 90.5 Å². The third-order valence-electron chi connectivity index (χ3n) is 16.1. The predicted octanol–water partition coefficient (Wildman–Crippen LogP) is 19.5. The molecule has 0 unspecified atom stereocenters. The van der Waals surface area contributed by atoms with Gasteiger partial charge in [0.25, 0.3) is 0 Å². The van der Waals surface area contributed by atoms with Gasteiger partial charge in [-0.15, -0.1) is 0 Å². The highest BCUT2D eigenvalue weighted by Crippen LogP contribution is 2.48. The first-order chi connectivity index (χ1) is 43.8. The van der Waals surface area contributed by atoms with E-state index in [2.05, 4.69) is 10.6 Å². The molecule has 9 nitrogen and oxygen atoms in total. The molecule has 0 atom stereocenters. The van der Waals surface area contributed by atoms with Crippen LogP contribution in [0.25, 0.3) is 146 Å². The molecule has 0 aliphatic rings. The lowest BCUT2D eigenvalue weighted by molar-refractivity contribution is -0.142. The fourth-order valence-electron chi connectivity index (χ4n) is 12.1. The second kappa shape index (κ2) is 21.8. The van der Waals surface area contributed by atoms with Crippen LogP contribution >= 0.6 is 0 Å². The Morgan fingerprint density at radius 3 is 1.07 bits per heavy atom. The molecule has 0 aliphatic heterocycles. The van der Waals surface area contributed by atoms with Crippen molar-refractivity contribution >= 4 is 43.6 Å². The molecule has 90 heavy (non-hydrogen) atoms. The smallest absolute Gasteiger partial charge is 0.309 e. The largest absolute Gasteiger partial charge is 0.417 e. The fourth-order valence-corrected chi connectivity index (χ4v) is 12.1. The van der Waals surface area contributed by atoms with Gasteiger partial charge >= 0.3 is 12.4 Å². The van der Waals surface area contributed by atoms with E-state index in [1.165, 1.54) is 12.1 Å². The number of rotatable bonds is 10. The van der Waals surface area contributed by atoms with E-state index in [4.69, 9.17) is 29.9 Å².